The largest absolute Gasteiger partial charge is 0.480 e. The zero-order chi connectivity index (χ0) is 14.3. The highest BCUT2D eigenvalue weighted by atomic mass is 32.2. The van der Waals surface area contributed by atoms with Crippen LogP contribution >= 0.6 is 11.8 Å². The van der Waals surface area contributed by atoms with Crippen molar-refractivity contribution in [1.29, 1.82) is 0 Å². The highest BCUT2D eigenvalue weighted by Crippen LogP contribution is 2.15. The third-order valence-corrected chi connectivity index (χ3v) is 3.79. The highest BCUT2D eigenvalue weighted by Gasteiger charge is 2.26. The molecule has 0 bridgehead atoms. The SMILES string of the molecule is CSCC[C@H](N)C(=O)N1CCC(OCC(=O)O)CC1. The van der Waals surface area contributed by atoms with Crippen molar-refractivity contribution < 1.29 is 19.4 Å². The van der Waals surface area contributed by atoms with E-state index in [1.165, 1.54) is 0 Å². The van der Waals surface area contributed by atoms with Crippen molar-refractivity contribution in [2.45, 2.75) is 31.4 Å². The molecule has 0 aromatic rings. The number of nitrogens with zero attached hydrogens (tertiary/aromatic N) is 1. The van der Waals surface area contributed by atoms with E-state index >= 15 is 0 Å². The molecule has 110 valence electrons. The molecule has 1 atom stereocenters. The Hall–Kier alpha value is -0.790. The number of amides is 1. The standard InChI is InChI=1S/C12H22N2O4S/c1-19-7-4-10(13)12(17)14-5-2-9(3-6-14)18-8-11(15)16/h9-10H,2-8,13H2,1H3,(H,15,16)/t10-/m0/s1. The summed E-state index contributed by atoms with van der Waals surface area (Å²) in [5.74, 6) is -0.0891. The van der Waals surface area contributed by atoms with Crippen molar-refractivity contribution in [3.63, 3.8) is 0 Å². The first-order valence-corrected chi connectivity index (χ1v) is 7.80. The van der Waals surface area contributed by atoms with Crippen molar-refractivity contribution in [3.05, 3.63) is 0 Å². The number of likely N-dealkylation sites (tertiary alicyclic amines) is 1. The maximum absolute atomic E-state index is 12.0. The average Bonchev–Trinajstić information content (AvgIpc) is 2.42. The van der Waals surface area contributed by atoms with E-state index in [0.717, 1.165) is 5.75 Å². The van der Waals surface area contributed by atoms with Crippen molar-refractivity contribution in [3.8, 4) is 0 Å². The maximum Gasteiger partial charge on any atom is 0.329 e. The molecule has 1 aliphatic heterocycles. The van der Waals surface area contributed by atoms with E-state index in [1.54, 1.807) is 16.7 Å². The minimum atomic E-state index is -0.961. The van der Waals surface area contributed by atoms with Crippen molar-refractivity contribution in [2.75, 3.05) is 31.7 Å². The maximum atomic E-state index is 12.0. The van der Waals surface area contributed by atoms with Gasteiger partial charge in [-0.05, 0) is 31.3 Å². The van der Waals surface area contributed by atoms with Crippen LogP contribution in [0.1, 0.15) is 19.3 Å². The fraction of sp³-hybridized carbons (Fsp3) is 0.833. The van der Waals surface area contributed by atoms with E-state index in [9.17, 15) is 9.59 Å². The lowest BCUT2D eigenvalue weighted by atomic mass is 10.1. The topological polar surface area (TPSA) is 92.9 Å². The molecule has 1 rings (SSSR count). The van der Waals surface area contributed by atoms with Crippen LogP contribution in [0.2, 0.25) is 0 Å². The van der Waals surface area contributed by atoms with Gasteiger partial charge in [0.1, 0.15) is 6.61 Å². The molecule has 0 saturated carbocycles. The Balaban J connectivity index is 2.28. The van der Waals surface area contributed by atoms with E-state index < -0.39 is 12.0 Å². The van der Waals surface area contributed by atoms with Crippen LogP contribution in [0.5, 0.6) is 0 Å². The minimum Gasteiger partial charge on any atom is -0.480 e. The van der Waals surface area contributed by atoms with E-state index in [1.807, 2.05) is 6.26 Å². The van der Waals surface area contributed by atoms with E-state index in [0.29, 0.717) is 32.4 Å². The van der Waals surface area contributed by atoms with Crippen LogP contribution in [0, 0.1) is 0 Å². The van der Waals surface area contributed by atoms with E-state index in [2.05, 4.69) is 0 Å². The Morgan fingerprint density at radius 3 is 2.63 bits per heavy atom. The number of rotatable bonds is 7. The first kappa shape index (κ1) is 16.3. The Bertz CT molecular complexity index is 306. The molecule has 0 spiro atoms. The second kappa shape index (κ2) is 8.39. The van der Waals surface area contributed by atoms with Crippen molar-refractivity contribution in [2.24, 2.45) is 5.73 Å². The fourth-order valence-corrected chi connectivity index (χ4v) is 2.52. The number of hydrogen-bond acceptors (Lipinski definition) is 5. The van der Waals surface area contributed by atoms with Crippen LogP contribution in [0.15, 0.2) is 0 Å². The first-order chi connectivity index (χ1) is 9.04. The predicted molar refractivity (Wildman–Crippen MR) is 74.2 cm³/mol. The molecule has 1 aliphatic rings. The lowest BCUT2D eigenvalue weighted by molar-refractivity contribution is -0.147. The van der Waals surface area contributed by atoms with Gasteiger partial charge in [0, 0.05) is 13.1 Å². The van der Waals surface area contributed by atoms with Crippen molar-refractivity contribution >= 4 is 23.6 Å². The molecule has 7 heteroatoms. The summed E-state index contributed by atoms with van der Waals surface area (Å²) in [4.78, 5) is 24.2. The second-order valence-corrected chi connectivity index (χ2v) is 5.60. The normalized spacial score (nSPS) is 18.3. The van der Waals surface area contributed by atoms with Gasteiger partial charge in [-0.1, -0.05) is 0 Å². The van der Waals surface area contributed by atoms with Crippen LogP contribution in [0.4, 0.5) is 0 Å². The third kappa shape index (κ3) is 5.80. The lowest BCUT2D eigenvalue weighted by Crippen LogP contribution is -2.48. The second-order valence-electron chi connectivity index (χ2n) is 4.62. The molecule has 0 aromatic carbocycles. The van der Waals surface area contributed by atoms with Gasteiger partial charge in [-0.2, -0.15) is 11.8 Å². The zero-order valence-electron chi connectivity index (χ0n) is 11.2. The summed E-state index contributed by atoms with van der Waals surface area (Å²) >= 11 is 1.68. The Morgan fingerprint density at radius 2 is 2.11 bits per heavy atom. The number of thioether (sulfide) groups is 1. The van der Waals surface area contributed by atoms with E-state index in [-0.39, 0.29) is 18.6 Å². The minimum absolute atomic E-state index is 0.00858. The third-order valence-electron chi connectivity index (χ3n) is 3.15. The Morgan fingerprint density at radius 1 is 1.47 bits per heavy atom. The molecule has 19 heavy (non-hydrogen) atoms. The van der Waals surface area contributed by atoms with Gasteiger partial charge in [0.2, 0.25) is 5.91 Å². The molecule has 1 amide bonds. The molecular formula is C12H22N2O4S. The summed E-state index contributed by atoms with van der Waals surface area (Å²) in [6, 6.07) is -0.427. The molecule has 0 unspecified atom stereocenters. The fourth-order valence-electron chi connectivity index (χ4n) is 2.03. The zero-order valence-corrected chi connectivity index (χ0v) is 12.0. The predicted octanol–water partition coefficient (Wildman–Crippen LogP) is 0.159. The lowest BCUT2D eigenvalue weighted by Gasteiger charge is -2.33. The van der Waals surface area contributed by atoms with Gasteiger partial charge in [-0.25, -0.2) is 4.79 Å². The van der Waals surface area contributed by atoms with Crippen molar-refractivity contribution in [1.82, 2.24) is 4.90 Å². The van der Waals surface area contributed by atoms with Gasteiger partial charge in [-0.3, -0.25) is 4.79 Å². The van der Waals surface area contributed by atoms with Crippen LogP contribution in [-0.2, 0) is 14.3 Å². The van der Waals surface area contributed by atoms with Gasteiger partial charge < -0.3 is 20.5 Å². The smallest absolute Gasteiger partial charge is 0.329 e. The van der Waals surface area contributed by atoms with Crippen LogP contribution in [0.3, 0.4) is 0 Å². The quantitative estimate of drug-likeness (QED) is 0.694. The summed E-state index contributed by atoms with van der Waals surface area (Å²) < 4.78 is 5.23. The number of nitrogens with two attached hydrogens (primary N) is 1. The highest BCUT2D eigenvalue weighted by molar-refractivity contribution is 7.98. The first-order valence-electron chi connectivity index (χ1n) is 6.41. The van der Waals surface area contributed by atoms with Crippen LogP contribution in [0.25, 0.3) is 0 Å². The average molecular weight is 290 g/mol. The molecule has 1 saturated heterocycles. The molecule has 3 N–H and O–H groups in total. The van der Waals surface area contributed by atoms with Gasteiger partial charge in [-0.15, -0.1) is 0 Å². The molecule has 1 heterocycles. The summed E-state index contributed by atoms with van der Waals surface area (Å²) in [5.41, 5.74) is 5.85. The monoisotopic (exact) mass is 290 g/mol. The Labute approximate surface area is 117 Å². The number of carboxylic acids is 1. The number of hydrogen-bond donors (Lipinski definition) is 2. The number of piperidine rings is 1. The number of carboxylic acid groups (broad SMARTS) is 1. The summed E-state index contributed by atoms with van der Waals surface area (Å²) in [5, 5.41) is 8.53. The number of ether oxygens (including phenoxy) is 1. The van der Waals surface area contributed by atoms with Gasteiger partial charge in [0.15, 0.2) is 0 Å². The summed E-state index contributed by atoms with van der Waals surface area (Å²) in [6.45, 7) is 0.915. The molecule has 0 aliphatic carbocycles. The summed E-state index contributed by atoms with van der Waals surface area (Å²) in [6.07, 6.45) is 3.96. The molecule has 0 radical (unpaired) electrons. The molecule has 1 fully saturated rings. The number of carbonyl (C=O) groups excluding carboxylic acids is 1. The van der Waals surface area contributed by atoms with Gasteiger partial charge in [0.05, 0.1) is 12.1 Å². The molecule has 6 nitrogen and oxygen atoms in total. The Kier molecular flexibility index (Phi) is 7.19. The van der Waals surface area contributed by atoms with E-state index in [4.69, 9.17) is 15.6 Å². The number of carbonyl (C=O) groups is 2. The van der Waals surface area contributed by atoms with Crippen LogP contribution in [-0.4, -0.2) is 65.7 Å². The molecular weight excluding hydrogens is 268 g/mol. The molecule has 0 aromatic heterocycles. The van der Waals surface area contributed by atoms with Gasteiger partial charge >= 0.3 is 5.97 Å². The summed E-state index contributed by atoms with van der Waals surface area (Å²) in [7, 11) is 0. The van der Waals surface area contributed by atoms with Crippen LogP contribution < -0.4 is 5.73 Å². The number of aliphatic carboxylic acids is 1. The van der Waals surface area contributed by atoms with Gasteiger partial charge in [0.25, 0.3) is 0 Å².